The van der Waals surface area contributed by atoms with Crippen LogP contribution in [0.15, 0.2) is 10.5 Å². The molecule has 0 heterocycles. The third kappa shape index (κ3) is 4.57. The van der Waals surface area contributed by atoms with Crippen LogP contribution in [0.2, 0.25) is 0 Å². The molecule has 0 aromatic heterocycles. The molecule has 0 unspecified atom stereocenters. The number of hydrogen-bond donors (Lipinski definition) is 1. The molecule has 0 fully saturated rings. The molecular formula is C17H23BrO4. The van der Waals surface area contributed by atoms with Gasteiger partial charge in [0.05, 0.1) is 17.7 Å². The largest absolute Gasteiger partial charge is 0.478 e. The number of carboxylic acid groups (broad SMARTS) is 1. The summed E-state index contributed by atoms with van der Waals surface area (Å²) in [5, 5.41) is 9.56. The van der Waals surface area contributed by atoms with E-state index >= 15 is 0 Å². The third-order valence-corrected chi connectivity index (χ3v) is 4.56. The summed E-state index contributed by atoms with van der Waals surface area (Å²) in [5.74, 6) is -1.12. The maximum absolute atomic E-state index is 12.1. The Labute approximate surface area is 140 Å². The van der Waals surface area contributed by atoms with E-state index < -0.39 is 11.9 Å². The quantitative estimate of drug-likeness (QED) is 0.711. The summed E-state index contributed by atoms with van der Waals surface area (Å²) in [5.41, 5.74) is 1.71. The number of ether oxygens (including phenoxy) is 1. The zero-order valence-electron chi connectivity index (χ0n) is 13.5. The minimum absolute atomic E-state index is 0.0553. The van der Waals surface area contributed by atoms with Gasteiger partial charge in [-0.2, -0.15) is 0 Å². The monoisotopic (exact) mass is 370 g/mol. The van der Waals surface area contributed by atoms with Crippen molar-refractivity contribution < 1.29 is 19.4 Å². The van der Waals surface area contributed by atoms with Crippen molar-refractivity contribution in [2.45, 2.75) is 47.0 Å². The van der Waals surface area contributed by atoms with Gasteiger partial charge in [0.1, 0.15) is 0 Å². The number of carbonyl (C=O) groups is 2. The van der Waals surface area contributed by atoms with Crippen LogP contribution in [0.5, 0.6) is 0 Å². The van der Waals surface area contributed by atoms with Crippen LogP contribution < -0.4 is 0 Å². The molecule has 0 saturated heterocycles. The van der Waals surface area contributed by atoms with Gasteiger partial charge in [-0.1, -0.05) is 36.2 Å². The van der Waals surface area contributed by atoms with Crippen molar-refractivity contribution in [3.05, 3.63) is 32.8 Å². The highest BCUT2D eigenvalue weighted by Gasteiger charge is 2.24. The lowest BCUT2D eigenvalue weighted by molar-refractivity contribution is 0.0514. The fraction of sp³-hybridized carbons (Fsp3) is 0.529. The van der Waals surface area contributed by atoms with Crippen LogP contribution in [0, 0.1) is 12.8 Å². The Hall–Kier alpha value is -1.36. The summed E-state index contributed by atoms with van der Waals surface area (Å²) in [6.07, 6.45) is 2.50. The Balaban J connectivity index is 3.32. The van der Waals surface area contributed by atoms with E-state index in [4.69, 9.17) is 4.74 Å². The zero-order chi connectivity index (χ0) is 16.9. The fourth-order valence-corrected chi connectivity index (χ4v) is 2.91. The molecule has 4 nitrogen and oxygen atoms in total. The molecule has 22 heavy (non-hydrogen) atoms. The van der Waals surface area contributed by atoms with E-state index in [1.165, 1.54) is 0 Å². The van der Waals surface area contributed by atoms with Crippen LogP contribution >= 0.6 is 15.9 Å². The molecule has 1 aromatic rings. The van der Waals surface area contributed by atoms with Crippen molar-refractivity contribution >= 4 is 27.9 Å². The molecule has 0 radical (unpaired) electrons. The highest BCUT2D eigenvalue weighted by atomic mass is 79.9. The molecule has 0 aliphatic carbocycles. The number of hydrogen-bond acceptors (Lipinski definition) is 3. The van der Waals surface area contributed by atoms with E-state index in [1.54, 1.807) is 13.0 Å². The highest BCUT2D eigenvalue weighted by molar-refractivity contribution is 9.10. The number of carbonyl (C=O) groups excluding carboxylic acids is 1. The third-order valence-electron chi connectivity index (χ3n) is 3.46. The number of halogens is 1. The molecule has 0 atom stereocenters. The van der Waals surface area contributed by atoms with Crippen LogP contribution in [-0.2, 0) is 11.2 Å². The zero-order valence-corrected chi connectivity index (χ0v) is 15.1. The van der Waals surface area contributed by atoms with Crippen LogP contribution in [0.25, 0.3) is 0 Å². The van der Waals surface area contributed by atoms with Crippen LogP contribution in [-0.4, -0.2) is 23.7 Å². The number of carboxylic acids is 1. The SMILES string of the molecule is CCOC(=O)c1cc(C)c(Br)c(CCCC(C)C)c1C(=O)O. The van der Waals surface area contributed by atoms with Gasteiger partial charge in [0.25, 0.3) is 0 Å². The minimum Gasteiger partial charge on any atom is -0.478 e. The van der Waals surface area contributed by atoms with Gasteiger partial charge >= 0.3 is 11.9 Å². The Morgan fingerprint density at radius 3 is 2.50 bits per heavy atom. The summed E-state index contributed by atoms with van der Waals surface area (Å²) in [6.45, 7) is 8.04. The summed E-state index contributed by atoms with van der Waals surface area (Å²) < 4.78 is 5.76. The standard InChI is InChI=1S/C17H23BrO4/c1-5-22-17(21)13-9-11(4)15(18)12(14(13)16(19)20)8-6-7-10(2)3/h9-10H,5-8H2,1-4H3,(H,19,20). The molecule has 5 heteroatoms. The molecular weight excluding hydrogens is 348 g/mol. The van der Waals surface area contributed by atoms with Gasteiger partial charge < -0.3 is 9.84 Å². The van der Waals surface area contributed by atoms with E-state index in [0.717, 1.165) is 22.9 Å². The average molecular weight is 371 g/mol. The second-order valence-corrected chi connectivity index (χ2v) is 6.51. The number of benzene rings is 1. The Morgan fingerprint density at radius 1 is 1.36 bits per heavy atom. The average Bonchev–Trinajstić information content (AvgIpc) is 2.42. The highest BCUT2D eigenvalue weighted by Crippen LogP contribution is 2.30. The van der Waals surface area contributed by atoms with E-state index in [0.29, 0.717) is 17.9 Å². The first-order chi connectivity index (χ1) is 10.3. The van der Waals surface area contributed by atoms with E-state index in [-0.39, 0.29) is 17.7 Å². The minimum atomic E-state index is -1.09. The lowest BCUT2D eigenvalue weighted by Gasteiger charge is -2.16. The van der Waals surface area contributed by atoms with E-state index in [1.807, 2.05) is 6.92 Å². The molecule has 0 amide bonds. The van der Waals surface area contributed by atoms with Gasteiger partial charge in [0.15, 0.2) is 0 Å². The van der Waals surface area contributed by atoms with Gasteiger partial charge in [0.2, 0.25) is 0 Å². The first-order valence-electron chi connectivity index (χ1n) is 7.51. The van der Waals surface area contributed by atoms with Crippen molar-refractivity contribution in [3.63, 3.8) is 0 Å². The summed E-state index contributed by atoms with van der Waals surface area (Å²) in [4.78, 5) is 23.8. The normalized spacial score (nSPS) is 10.8. The van der Waals surface area contributed by atoms with Gasteiger partial charge in [-0.15, -0.1) is 0 Å². The van der Waals surface area contributed by atoms with Crippen molar-refractivity contribution in [2.75, 3.05) is 6.61 Å². The second kappa shape index (κ2) is 8.32. The van der Waals surface area contributed by atoms with Crippen molar-refractivity contribution in [1.82, 2.24) is 0 Å². The fourth-order valence-electron chi connectivity index (χ4n) is 2.40. The topological polar surface area (TPSA) is 63.6 Å². The van der Waals surface area contributed by atoms with Crippen LogP contribution in [0.3, 0.4) is 0 Å². The molecule has 1 rings (SSSR count). The maximum Gasteiger partial charge on any atom is 0.339 e. The number of aromatic carboxylic acids is 1. The summed E-state index contributed by atoms with van der Waals surface area (Å²) in [7, 11) is 0. The Kier molecular flexibility index (Phi) is 7.07. The molecule has 0 aliphatic heterocycles. The Morgan fingerprint density at radius 2 is 2.00 bits per heavy atom. The van der Waals surface area contributed by atoms with Gasteiger partial charge in [-0.05, 0) is 49.8 Å². The van der Waals surface area contributed by atoms with E-state index in [9.17, 15) is 14.7 Å². The molecule has 0 spiro atoms. The van der Waals surface area contributed by atoms with Crippen LogP contribution in [0.4, 0.5) is 0 Å². The first kappa shape index (κ1) is 18.7. The smallest absolute Gasteiger partial charge is 0.339 e. The van der Waals surface area contributed by atoms with Crippen molar-refractivity contribution in [1.29, 1.82) is 0 Å². The maximum atomic E-state index is 12.1. The molecule has 1 aromatic carbocycles. The van der Waals surface area contributed by atoms with Crippen molar-refractivity contribution in [2.24, 2.45) is 5.92 Å². The second-order valence-electron chi connectivity index (χ2n) is 5.72. The molecule has 0 saturated carbocycles. The lowest BCUT2D eigenvalue weighted by atomic mass is 9.93. The summed E-state index contributed by atoms with van der Waals surface area (Å²) in [6, 6.07) is 1.58. The molecule has 122 valence electrons. The van der Waals surface area contributed by atoms with Crippen LogP contribution in [0.1, 0.15) is 65.5 Å². The number of rotatable bonds is 7. The van der Waals surface area contributed by atoms with Crippen molar-refractivity contribution in [3.8, 4) is 0 Å². The lowest BCUT2D eigenvalue weighted by Crippen LogP contribution is -2.16. The number of esters is 1. The number of aryl methyl sites for hydroxylation is 1. The predicted octanol–water partition coefficient (Wildman–Crippen LogP) is 4.61. The van der Waals surface area contributed by atoms with Gasteiger partial charge in [-0.25, -0.2) is 9.59 Å². The van der Waals surface area contributed by atoms with Gasteiger partial charge in [0, 0.05) is 4.47 Å². The molecule has 1 N–H and O–H groups in total. The molecule has 0 aliphatic rings. The Bertz CT molecular complexity index is 564. The predicted molar refractivity (Wildman–Crippen MR) is 89.6 cm³/mol. The van der Waals surface area contributed by atoms with E-state index in [2.05, 4.69) is 29.8 Å². The first-order valence-corrected chi connectivity index (χ1v) is 8.31. The van der Waals surface area contributed by atoms with Gasteiger partial charge in [-0.3, -0.25) is 0 Å². The molecule has 0 bridgehead atoms. The summed E-state index contributed by atoms with van der Waals surface area (Å²) >= 11 is 3.47.